The summed E-state index contributed by atoms with van der Waals surface area (Å²) in [5.74, 6) is -2.23. The average Bonchev–Trinajstić information content (AvgIpc) is 3.07. The van der Waals surface area contributed by atoms with E-state index in [1.54, 1.807) is 25.1 Å². The van der Waals surface area contributed by atoms with Gasteiger partial charge in [-0.05, 0) is 71.7 Å². The number of anilines is 1. The van der Waals surface area contributed by atoms with E-state index in [1.165, 1.54) is 35.6 Å². The summed E-state index contributed by atoms with van der Waals surface area (Å²) >= 11 is 4.63. The molecule has 0 spiro atoms. The van der Waals surface area contributed by atoms with Gasteiger partial charge in [0.1, 0.15) is 5.70 Å². The van der Waals surface area contributed by atoms with Gasteiger partial charge in [0.25, 0.3) is 11.8 Å². The molecule has 8 nitrogen and oxygen atoms in total. The molecule has 0 aliphatic heterocycles. The maximum absolute atomic E-state index is 12.7. The number of aryl methyl sites for hydroxylation is 2. The molecule has 0 bridgehead atoms. The van der Waals surface area contributed by atoms with Crippen LogP contribution in [0.25, 0.3) is 6.08 Å². The number of halogens is 1. The fraction of sp³-hybridized carbons (Fsp3) is 0.130. The quantitative estimate of drug-likeness (QED) is 0.271. The number of aliphatic carboxylic acids is 1. The molecule has 0 fully saturated rings. The first-order valence-electron chi connectivity index (χ1n) is 9.76. The van der Waals surface area contributed by atoms with Gasteiger partial charge < -0.3 is 21.5 Å². The summed E-state index contributed by atoms with van der Waals surface area (Å²) in [6, 6.07) is 11.6. The molecule has 3 rings (SSSR count). The van der Waals surface area contributed by atoms with E-state index in [0.29, 0.717) is 32.8 Å². The highest BCUT2D eigenvalue weighted by Gasteiger charge is 2.18. The standard InChI is InChI=1S/C23H21BrN4O4S/c1-12-20(33-13(2)27-12)10-19(23(31)32)28-22(30)17-7-6-15(9-18(17)24)21(29)26-11-14-4-3-5-16(25)8-14/h3-10H,11,25H2,1-2H3,(H,26,29)(H,28,30)(H,31,32). The smallest absolute Gasteiger partial charge is 0.352 e. The van der Waals surface area contributed by atoms with E-state index >= 15 is 0 Å². The van der Waals surface area contributed by atoms with Gasteiger partial charge in [0.15, 0.2) is 0 Å². The molecule has 0 saturated heterocycles. The van der Waals surface area contributed by atoms with Crippen molar-refractivity contribution < 1.29 is 19.5 Å². The van der Waals surface area contributed by atoms with Crippen molar-refractivity contribution in [3.05, 3.63) is 84.9 Å². The zero-order valence-electron chi connectivity index (χ0n) is 17.8. The summed E-state index contributed by atoms with van der Waals surface area (Å²) in [5, 5.41) is 15.5. The van der Waals surface area contributed by atoms with Crippen LogP contribution in [0.1, 0.15) is 41.9 Å². The fourth-order valence-corrected chi connectivity index (χ4v) is 4.41. The number of nitrogens with zero attached hydrogens (tertiary/aromatic N) is 1. The molecule has 0 radical (unpaired) electrons. The van der Waals surface area contributed by atoms with Gasteiger partial charge in [-0.25, -0.2) is 9.78 Å². The summed E-state index contributed by atoms with van der Waals surface area (Å²) in [6.07, 6.45) is 1.38. The summed E-state index contributed by atoms with van der Waals surface area (Å²) in [7, 11) is 0. The number of carbonyl (C=O) groups is 3. The Kier molecular flexibility index (Phi) is 7.62. The number of nitrogens with one attached hydrogen (secondary N) is 2. The monoisotopic (exact) mass is 528 g/mol. The van der Waals surface area contributed by atoms with Crippen LogP contribution in [0.2, 0.25) is 0 Å². The number of benzene rings is 2. The fourth-order valence-electron chi connectivity index (χ4n) is 2.98. The normalized spacial score (nSPS) is 11.2. The summed E-state index contributed by atoms with van der Waals surface area (Å²) in [6.45, 7) is 3.88. The third kappa shape index (κ3) is 6.27. The summed E-state index contributed by atoms with van der Waals surface area (Å²) in [4.78, 5) is 41.8. The molecular weight excluding hydrogens is 508 g/mol. The number of carboxylic acids is 1. The lowest BCUT2D eigenvalue weighted by Crippen LogP contribution is -2.28. The maximum Gasteiger partial charge on any atom is 0.352 e. The van der Waals surface area contributed by atoms with Gasteiger partial charge in [0.2, 0.25) is 0 Å². The van der Waals surface area contributed by atoms with Gasteiger partial charge in [0.05, 0.1) is 21.1 Å². The second-order valence-electron chi connectivity index (χ2n) is 7.12. The first kappa shape index (κ1) is 24.1. The SMILES string of the molecule is Cc1nc(C)c(C=C(NC(=O)c2ccc(C(=O)NCc3cccc(N)c3)cc2Br)C(=O)O)s1. The molecule has 0 aliphatic rings. The minimum Gasteiger partial charge on any atom is -0.477 e. The highest BCUT2D eigenvalue weighted by atomic mass is 79.9. The Balaban J connectivity index is 1.72. The molecule has 0 unspecified atom stereocenters. The number of hydrogen-bond acceptors (Lipinski definition) is 6. The van der Waals surface area contributed by atoms with Crippen LogP contribution < -0.4 is 16.4 Å². The van der Waals surface area contributed by atoms with Crippen molar-refractivity contribution in [1.29, 1.82) is 0 Å². The minimum atomic E-state index is -1.28. The Labute approximate surface area is 202 Å². The Morgan fingerprint density at radius 3 is 2.52 bits per heavy atom. The number of nitrogens with two attached hydrogens (primary N) is 1. The molecule has 0 atom stereocenters. The van der Waals surface area contributed by atoms with E-state index in [1.807, 2.05) is 13.0 Å². The molecular formula is C23H21BrN4O4S. The number of amides is 2. The lowest BCUT2D eigenvalue weighted by atomic mass is 10.1. The Bertz CT molecular complexity index is 1270. The highest BCUT2D eigenvalue weighted by Crippen LogP contribution is 2.22. The zero-order valence-corrected chi connectivity index (χ0v) is 20.2. The number of nitrogen functional groups attached to an aromatic ring is 1. The minimum absolute atomic E-state index is 0.187. The van der Waals surface area contributed by atoms with Crippen molar-refractivity contribution in [3.8, 4) is 0 Å². The second-order valence-corrected chi connectivity index (χ2v) is 9.21. The molecule has 170 valence electrons. The number of rotatable bonds is 7. The van der Waals surface area contributed by atoms with Crippen molar-refractivity contribution in [2.45, 2.75) is 20.4 Å². The van der Waals surface area contributed by atoms with Crippen LogP contribution in [0.3, 0.4) is 0 Å². The van der Waals surface area contributed by atoms with Gasteiger partial charge in [-0.1, -0.05) is 12.1 Å². The lowest BCUT2D eigenvalue weighted by molar-refractivity contribution is -0.132. The van der Waals surface area contributed by atoms with Crippen LogP contribution in [0, 0.1) is 13.8 Å². The molecule has 33 heavy (non-hydrogen) atoms. The number of aromatic nitrogens is 1. The van der Waals surface area contributed by atoms with Crippen LogP contribution in [-0.2, 0) is 11.3 Å². The summed E-state index contributed by atoms with van der Waals surface area (Å²) in [5.41, 5.74) is 8.14. The molecule has 0 aliphatic carbocycles. The molecule has 3 aromatic rings. The third-order valence-corrected chi connectivity index (χ3v) is 6.25. The molecule has 1 aromatic heterocycles. The number of carboxylic acid groups (broad SMARTS) is 1. The van der Waals surface area contributed by atoms with Gasteiger partial charge in [-0.15, -0.1) is 11.3 Å². The largest absolute Gasteiger partial charge is 0.477 e. The van der Waals surface area contributed by atoms with Crippen LogP contribution in [0.15, 0.2) is 52.6 Å². The van der Waals surface area contributed by atoms with E-state index in [9.17, 15) is 19.5 Å². The number of hydrogen-bond donors (Lipinski definition) is 4. The molecule has 1 heterocycles. The van der Waals surface area contributed by atoms with E-state index < -0.39 is 11.9 Å². The first-order valence-corrected chi connectivity index (χ1v) is 11.4. The first-order chi connectivity index (χ1) is 15.6. The predicted octanol–water partition coefficient (Wildman–Crippen LogP) is 3.89. The van der Waals surface area contributed by atoms with E-state index in [0.717, 1.165) is 10.6 Å². The Morgan fingerprint density at radius 1 is 1.15 bits per heavy atom. The average molecular weight is 529 g/mol. The van der Waals surface area contributed by atoms with E-state index in [2.05, 4.69) is 31.5 Å². The Morgan fingerprint density at radius 2 is 1.91 bits per heavy atom. The molecule has 5 N–H and O–H groups in total. The van der Waals surface area contributed by atoms with Gasteiger partial charge in [0, 0.05) is 22.3 Å². The molecule has 10 heteroatoms. The summed E-state index contributed by atoms with van der Waals surface area (Å²) < 4.78 is 0.353. The van der Waals surface area contributed by atoms with Crippen LogP contribution in [0.4, 0.5) is 5.69 Å². The molecule has 2 aromatic carbocycles. The predicted molar refractivity (Wildman–Crippen MR) is 131 cm³/mol. The van der Waals surface area contributed by atoms with Crippen molar-refractivity contribution in [1.82, 2.24) is 15.6 Å². The van der Waals surface area contributed by atoms with Crippen molar-refractivity contribution in [2.24, 2.45) is 0 Å². The van der Waals surface area contributed by atoms with Crippen LogP contribution in [0.5, 0.6) is 0 Å². The maximum atomic E-state index is 12.7. The highest BCUT2D eigenvalue weighted by molar-refractivity contribution is 9.10. The Hall–Kier alpha value is -3.50. The lowest BCUT2D eigenvalue weighted by Gasteiger charge is -2.10. The topological polar surface area (TPSA) is 134 Å². The van der Waals surface area contributed by atoms with Gasteiger partial charge >= 0.3 is 5.97 Å². The van der Waals surface area contributed by atoms with Gasteiger partial charge in [-0.3, -0.25) is 9.59 Å². The van der Waals surface area contributed by atoms with Crippen molar-refractivity contribution >= 4 is 56.8 Å². The molecule has 2 amide bonds. The van der Waals surface area contributed by atoms with Crippen molar-refractivity contribution in [2.75, 3.05) is 5.73 Å². The van der Waals surface area contributed by atoms with E-state index in [4.69, 9.17) is 5.73 Å². The molecule has 0 saturated carbocycles. The zero-order chi connectivity index (χ0) is 24.1. The van der Waals surface area contributed by atoms with E-state index in [-0.39, 0.29) is 17.2 Å². The van der Waals surface area contributed by atoms with Gasteiger partial charge in [-0.2, -0.15) is 0 Å². The van der Waals surface area contributed by atoms with Crippen LogP contribution >= 0.6 is 27.3 Å². The third-order valence-electron chi connectivity index (χ3n) is 4.57. The van der Waals surface area contributed by atoms with Crippen molar-refractivity contribution in [3.63, 3.8) is 0 Å². The number of thiazole rings is 1. The van der Waals surface area contributed by atoms with Crippen LogP contribution in [-0.4, -0.2) is 27.9 Å². The second kappa shape index (κ2) is 10.4. The number of carbonyl (C=O) groups excluding carboxylic acids is 2.